The SMILES string of the molecule is Cc1sc(=NC(=O)c2cccc(C(F)(F)F)c2)n(Cc2ccc(C(=O)NCc3ccco3)cc2)c1C. The predicted octanol–water partition coefficient (Wildman–Crippen LogP) is 5.50. The minimum atomic E-state index is -4.55. The molecule has 0 atom stereocenters. The fourth-order valence-electron chi connectivity index (χ4n) is 3.48. The highest BCUT2D eigenvalue weighted by Crippen LogP contribution is 2.29. The number of alkyl halides is 3. The van der Waals surface area contributed by atoms with E-state index in [4.69, 9.17) is 4.42 Å². The Morgan fingerprint density at radius 1 is 1.03 bits per heavy atom. The average molecular weight is 514 g/mol. The molecule has 2 amide bonds. The second-order valence-electron chi connectivity index (χ2n) is 8.07. The zero-order chi connectivity index (χ0) is 25.9. The molecule has 186 valence electrons. The quantitative estimate of drug-likeness (QED) is 0.370. The van der Waals surface area contributed by atoms with Crippen LogP contribution in [-0.2, 0) is 19.3 Å². The van der Waals surface area contributed by atoms with Crippen LogP contribution in [0.3, 0.4) is 0 Å². The molecular formula is C26H22F3N3O3S. The van der Waals surface area contributed by atoms with E-state index in [2.05, 4.69) is 10.3 Å². The summed E-state index contributed by atoms with van der Waals surface area (Å²) in [7, 11) is 0. The minimum absolute atomic E-state index is 0.134. The first-order valence-corrected chi connectivity index (χ1v) is 11.8. The number of hydrogen-bond donors (Lipinski definition) is 1. The number of benzene rings is 2. The van der Waals surface area contributed by atoms with Gasteiger partial charge in [0.05, 0.1) is 24.9 Å². The van der Waals surface area contributed by atoms with Gasteiger partial charge < -0.3 is 14.3 Å². The van der Waals surface area contributed by atoms with Gasteiger partial charge in [-0.15, -0.1) is 11.3 Å². The number of thiazole rings is 1. The topological polar surface area (TPSA) is 76.6 Å². The first-order chi connectivity index (χ1) is 17.1. The van der Waals surface area contributed by atoms with Crippen molar-refractivity contribution >= 4 is 23.2 Å². The van der Waals surface area contributed by atoms with Gasteiger partial charge in [-0.05, 0) is 61.9 Å². The van der Waals surface area contributed by atoms with E-state index in [-0.39, 0.29) is 18.0 Å². The molecule has 0 saturated carbocycles. The number of carbonyl (C=O) groups is 2. The number of aromatic nitrogens is 1. The molecule has 4 rings (SSSR count). The third-order valence-electron chi connectivity index (χ3n) is 5.58. The molecule has 10 heteroatoms. The molecule has 36 heavy (non-hydrogen) atoms. The van der Waals surface area contributed by atoms with Crippen molar-refractivity contribution in [1.82, 2.24) is 9.88 Å². The van der Waals surface area contributed by atoms with Crippen molar-refractivity contribution < 1.29 is 27.2 Å². The largest absolute Gasteiger partial charge is 0.467 e. The normalized spacial score (nSPS) is 12.1. The van der Waals surface area contributed by atoms with E-state index >= 15 is 0 Å². The first-order valence-electron chi connectivity index (χ1n) is 10.9. The molecule has 0 spiro atoms. The summed E-state index contributed by atoms with van der Waals surface area (Å²) in [5, 5.41) is 2.78. The molecule has 2 heterocycles. The molecule has 0 fully saturated rings. The van der Waals surface area contributed by atoms with Crippen LogP contribution in [0.1, 0.15) is 48.2 Å². The predicted molar refractivity (Wildman–Crippen MR) is 129 cm³/mol. The maximum atomic E-state index is 13.0. The Morgan fingerprint density at radius 3 is 2.44 bits per heavy atom. The maximum Gasteiger partial charge on any atom is 0.416 e. The van der Waals surface area contributed by atoms with E-state index in [0.29, 0.717) is 22.7 Å². The number of carbonyl (C=O) groups excluding carboxylic acids is 2. The van der Waals surface area contributed by atoms with Crippen LogP contribution < -0.4 is 10.1 Å². The van der Waals surface area contributed by atoms with E-state index in [1.807, 2.05) is 18.4 Å². The van der Waals surface area contributed by atoms with E-state index in [9.17, 15) is 22.8 Å². The summed E-state index contributed by atoms with van der Waals surface area (Å²) in [5.41, 5.74) is 1.20. The van der Waals surface area contributed by atoms with Crippen LogP contribution in [0.5, 0.6) is 0 Å². The van der Waals surface area contributed by atoms with Crippen molar-refractivity contribution in [2.75, 3.05) is 0 Å². The van der Waals surface area contributed by atoms with Gasteiger partial charge in [0, 0.05) is 21.7 Å². The number of rotatable bonds is 6. The Bertz CT molecular complexity index is 1450. The van der Waals surface area contributed by atoms with Crippen molar-refractivity contribution in [1.29, 1.82) is 0 Å². The van der Waals surface area contributed by atoms with Gasteiger partial charge in [-0.25, -0.2) is 0 Å². The summed E-state index contributed by atoms with van der Waals surface area (Å²) in [5.74, 6) is -0.342. The van der Waals surface area contributed by atoms with Crippen LogP contribution in [0, 0.1) is 13.8 Å². The molecule has 0 radical (unpaired) electrons. The van der Waals surface area contributed by atoms with E-state index in [1.165, 1.54) is 29.7 Å². The van der Waals surface area contributed by atoms with Crippen LogP contribution in [0.25, 0.3) is 0 Å². The molecule has 0 bridgehead atoms. The summed E-state index contributed by atoms with van der Waals surface area (Å²) >= 11 is 1.29. The van der Waals surface area contributed by atoms with Gasteiger partial charge in [-0.1, -0.05) is 18.2 Å². The van der Waals surface area contributed by atoms with Crippen molar-refractivity contribution in [3.63, 3.8) is 0 Å². The van der Waals surface area contributed by atoms with Gasteiger partial charge in [0.1, 0.15) is 5.76 Å². The molecule has 0 saturated heterocycles. The molecule has 2 aromatic carbocycles. The average Bonchev–Trinajstić information content (AvgIpc) is 3.47. The molecular weight excluding hydrogens is 491 g/mol. The number of halogens is 3. The van der Waals surface area contributed by atoms with E-state index in [0.717, 1.165) is 28.3 Å². The Balaban J connectivity index is 1.53. The minimum Gasteiger partial charge on any atom is -0.467 e. The third kappa shape index (κ3) is 5.83. The fraction of sp³-hybridized carbons (Fsp3) is 0.192. The van der Waals surface area contributed by atoms with Gasteiger partial charge in [0.25, 0.3) is 11.8 Å². The summed E-state index contributed by atoms with van der Waals surface area (Å²) < 4.78 is 46.1. The monoisotopic (exact) mass is 513 g/mol. The zero-order valence-corrected chi connectivity index (χ0v) is 20.2. The molecule has 0 unspecified atom stereocenters. The molecule has 0 aliphatic carbocycles. The van der Waals surface area contributed by atoms with Crippen LogP contribution in [-0.4, -0.2) is 16.4 Å². The number of nitrogens with zero attached hydrogens (tertiary/aromatic N) is 2. The number of amides is 2. The fourth-order valence-corrected chi connectivity index (χ4v) is 4.45. The second-order valence-corrected chi connectivity index (χ2v) is 9.25. The summed E-state index contributed by atoms with van der Waals surface area (Å²) in [4.78, 5) is 30.5. The smallest absolute Gasteiger partial charge is 0.416 e. The number of aryl methyl sites for hydroxylation is 1. The first kappa shape index (κ1) is 25.2. The van der Waals surface area contributed by atoms with Crippen LogP contribution in [0.4, 0.5) is 13.2 Å². The zero-order valence-electron chi connectivity index (χ0n) is 19.4. The van der Waals surface area contributed by atoms with Crippen molar-refractivity contribution in [2.45, 2.75) is 33.1 Å². The summed E-state index contributed by atoms with van der Waals surface area (Å²) in [6, 6.07) is 14.8. The number of furan rings is 1. The Kier molecular flexibility index (Phi) is 7.25. The van der Waals surface area contributed by atoms with Gasteiger partial charge in [-0.3, -0.25) is 9.59 Å². The van der Waals surface area contributed by atoms with Gasteiger partial charge >= 0.3 is 6.18 Å². The van der Waals surface area contributed by atoms with Gasteiger partial charge in [-0.2, -0.15) is 18.2 Å². The number of hydrogen-bond acceptors (Lipinski definition) is 4. The molecule has 0 aliphatic heterocycles. The highest BCUT2D eigenvalue weighted by molar-refractivity contribution is 7.09. The lowest BCUT2D eigenvalue weighted by molar-refractivity contribution is -0.137. The van der Waals surface area contributed by atoms with Crippen LogP contribution in [0.2, 0.25) is 0 Å². The van der Waals surface area contributed by atoms with E-state index < -0.39 is 17.6 Å². The molecule has 0 aliphatic rings. The third-order valence-corrected chi connectivity index (χ3v) is 6.68. The van der Waals surface area contributed by atoms with Crippen molar-refractivity contribution in [3.8, 4) is 0 Å². The second kappa shape index (κ2) is 10.4. The number of nitrogens with one attached hydrogen (secondary N) is 1. The summed E-state index contributed by atoms with van der Waals surface area (Å²) in [6.07, 6.45) is -3.01. The lowest BCUT2D eigenvalue weighted by Crippen LogP contribution is -2.22. The maximum absolute atomic E-state index is 13.0. The van der Waals surface area contributed by atoms with Gasteiger partial charge in [0.2, 0.25) is 0 Å². The lowest BCUT2D eigenvalue weighted by Gasteiger charge is -2.09. The standard InChI is InChI=1S/C26H22F3N3O3S/c1-16-17(2)36-25(31-24(34)20-5-3-6-21(13-20)26(27,28)29)32(16)15-18-8-10-19(11-9-18)23(33)30-14-22-7-4-12-35-22/h3-13H,14-15H2,1-2H3,(H,30,33). The van der Waals surface area contributed by atoms with Crippen molar-refractivity contribution in [2.24, 2.45) is 4.99 Å². The summed E-state index contributed by atoms with van der Waals surface area (Å²) in [6.45, 7) is 4.42. The molecule has 2 aromatic heterocycles. The van der Waals surface area contributed by atoms with Crippen LogP contribution in [0.15, 0.2) is 76.3 Å². The Morgan fingerprint density at radius 2 is 1.78 bits per heavy atom. The van der Waals surface area contributed by atoms with Crippen LogP contribution >= 0.6 is 11.3 Å². The van der Waals surface area contributed by atoms with Gasteiger partial charge in [0.15, 0.2) is 4.80 Å². The molecule has 1 N–H and O–H groups in total. The lowest BCUT2D eigenvalue weighted by atomic mass is 10.1. The molecule has 6 nitrogen and oxygen atoms in total. The Labute approximate surface area is 208 Å². The van der Waals surface area contributed by atoms with Crippen molar-refractivity contribution in [3.05, 3.63) is 110 Å². The highest BCUT2D eigenvalue weighted by atomic mass is 32.1. The van der Waals surface area contributed by atoms with E-state index in [1.54, 1.807) is 36.4 Å². The highest BCUT2D eigenvalue weighted by Gasteiger charge is 2.30. The molecule has 4 aromatic rings. The Hall–Kier alpha value is -3.92.